The number of hydrogen-bond donors (Lipinski definition) is 0. The average molecular weight is 182 g/mol. The van der Waals surface area contributed by atoms with Gasteiger partial charge in [0.25, 0.3) is 0 Å². The van der Waals surface area contributed by atoms with Crippen molar-refractivity contribution in [3.8, 4) is 0 Å². The summed E-state index contributed by atoms with van der Waals surface area (Å²) < 4.78 is 9.46. The molecule has 2 bridgehead atoms. The Labute approximate surface area is 71.7 Å². The summed E-state index contributed by atoms with van der Waals surface area (Å²) >= 11 is 0. The highest BCUT2D eigenvalue weighted by molar-refractivity contribution is 4.82. The minimum atomic E-state index is -0.635. The summed E-state index contributed by atoms with van der Waals surface area (Å²) in [5.41, 5.74) is -1.25. The number of rotatable bonds is 0. The third-order valence-corrected chi connectivity index (χ3v) is 1.51. The molecule has 0 aliphatic carbocycles. The fourth-order valence-electron chi connectivity index (χ4n) is 0.974. The number of hydrogen-bond acceptors (Lipinski definition) is 5. The van der Waals surface area contributed by atoms with Crippen LogP contribution < -0.4 is 11.3 Å². The molecular formula is C7H6N2O4. The van der Waals surface area contributed by atoms with Gasteiger partial charge in [-0.1, -0.05) is 0 Å². The van der Waals surface area contributed by atoms with Crippen LogP contribution >= 0.6 is 0 Å². The van der Waals surface area contributed by atoms with Gasteiger partial charge in [-0.2, -0.15) is 0 Å². The summed E-state index contributed by atoms with van der Waals surface area (Å²) in [6.07, 6.45) is 0.465. The van der Waals surface area contributed by atoms with E-state index >= 15 is 0 Å². The Morgan fingerprint density at radius 2 is 2.08 bits per heavy atom. The summed E-state index contributed by atoms with van der Waals surface area (Å²) in [6.45, 7) is 0.419. The first-order valence-electron chi connectivity index (χ1n) is 3.71. The van der Waals surface area contributed by atoms with Crippen molar-refractivity contribution in [2.75, 3.05) is 0 Å². The molecule has 68 valence electrons. The van der Waals surface area contributed by atoms with Crippen LogP contribution in [0.2, 0.25) is 0 Å². The Balaban J connectivity index is 2.82. The second kappa shape index (κ2) is 2.89. The fraction of sp³-hybridized carbons (Fsp3) is 0.286. The summed E-state index contributed by atoms with van der Waals surface area (Å²) in [6, 6.07) is 2.01. The molecule has 0 aromatic carbocycles. The van der Waals surface area contributed by atoms with Gasteiger partial charge < -0.3 is 8.94 Å². The van der Waals surface area contributed by atoms with Crippen molar-refractivity contribution < 1.29 is 8.94 Å². The molecule has 0 N–H and O–H groups in total. The van der Waals surface area contributed by atoms with E-state index in [4.69, 9.17) is 8.94 Å². The normalized spacial score (nSPS) is 12.6. The topological polar surface area (TPSA) is 78.2 Å². The largest absolute Gasteiger partial charge is 0.407 e. The van der Waals surface area contributed by atoms with E-state index in [0.717, 1.165) is 17.0 Å². The molecule has 1 aromatic heterocycles. The molecule has 13 heavy (non-hydrogen) atoms. The zero-order valence-corrected chi connectivity index (χ0v) is 6.60. The lowest BCUT2D eigenvalue weighted by Gasteiger charge is -1.85. The van der Waals surface area contributed by atoms with Crippen molar-refractivity contribution in [2.45, 2.75) is 13.0 Å². The van der Waals surface area contributed by atoms with Gasteiger partial charge in [-0.15, -0.1) is 9.95 Å². The van der Waals surface area contributed by atoms with Crippen molar-refractivity contribution in [1.82, 2.24) is 9.95 Å². The third kappa shape index (κ3) is 1.66. The van der Waals surface area contributed by atoms with Crippen molar-refractivity contribution in [2.24, 2.45) is 0 Å². The van der Waals surface area contributed by atoms with E-state index in [9.17, 15) is 9.59 Å². The molecular weight excluding hydrogens is 176 g/mol. The van der Waals surface area contributed by atoms with Gasteiger partial charge >= 0.3 is 11.3 Å². The molecule has 2 heterocycles. The highest BCUT2D eigenvalue weighted by Crippen LogP contribution is 1.97. The molecule has 1 aromatic rings. The van der Waals surface area contributed by atoms with Crippen LogP contribution in [0, 0.1) is 0 Å². The third-order valence-electron chi connectivity index (χ3n) is 1.51. The van der Waals surface area contributed by atoms with Gasteiger partial charge in [-0.05, 0) is 0 Å². The number of aryl methyl sites for hydroxylation is 2. The molecule has 0 spiro atoms. The van der Waals surface area contributed by atoms with Crippen LogP contribution in [-0.2, 0) is 13.0 Å². The highest BCUT2D eigenvalue weighted by atomic mass is 16.5. The van der Waals surface area contributed by atoms with Gasteiger partial charge in [0.15, 0.2) is 0 Å². The van der Waals surface area contributed by atoms with Crippen molar-refractivity contribution >= 4 is 0 Å². The van der Waals surface area contributed by atoms with E-state index in [1.807, 2.05) is 0 Å². The standard InChI is InChI=1S/C7H6N2O4/c10-6-1-2-7(11)13-9-4-3-5(8-9)12-6/h1-2H,3-4H2. The van der Waals surface area contributed by atoms with Gasteiger partial charge in [0.1, 0.15) is 0 Å². The predicted molar refractivity (Wildman–Crippen MR) is 40.6 cm³/mol. The van der Waals surface area contributed by atoms with E-state index in [2.05, 4.69) is 5.10 Å². The lowest BCUT2D eigenvalue weighted by atomic mass is 10.5. The maximum absolute atomic E-state index is 10.9. The second-order valence-electron chi connectivity index (χ2n) is 2.48. The lowest BCUT2D eigenvalue weighted by molar-refractivity contribution is 0.213. The first kappa shape index (κ1) is 7.78. The molecule has 2 rings (SSSR count). The SMILES string of the molecule is O=c1ccc(=O)on2nc(o1)CC2. The Morgan fingerprint density at radius 3 is 2.92 bits per heavy atom. The Bertz CT molecular complexity index is 437. The van der Waals surface area contributed by atoms with Gasteiger partial charge in [0.2, 0.25) is 5.89 Å². The summed E-state index contributed by atoms with van der Waals surface area (Å²) in [5, 5.41) is 3.73. The molecule has 0 saturated heterocycles. The number of nitrogens with zero attached hydrogens (tertiary/aromatic N) is 2. The van der Waals surface area contributed by atoms with E-state index in [1.54, 1.807) is 0 Å². The molecule has 0 unspecified atom stereocenters. The second-order valence-corrected chi connectivity index (χ2v) is 2.48. The van der Waals surface area contributed by atoms with Crippen LogP contribution in [-0.4, -0.2) is 9.95 Å². The van der Waals surface area contributed by atoms with Crippen LogP contribution in [0.3, 0.4) is 0 Å². The zero-order chi connectivity index (χ0) is 9.26. The molecule has 1 aliphatic rings. The molecule has 0 amide bonds. The minimum Gasteiger partial charge on any atom is -0.407 e. The Morgan fingerprint density at radius 1 is 1.31 bits per heavy atom. The predicted octanol–water partition coefficient (Wildman–Crippen LogP) is -0.530. The van der Waals surface area contributed by atoms with Gasteiger partial charge in [-0.25, -0.2) is 9.59 Å². The highest BCUT2D eigenvalue weighted by Gasteiger charge is 2.07. The minimum absolute atomic E-state index is 0.268. The molecule has 1 aliphatic heterocycles. The quantitative estimate of drug-likeness (QED) is 0.539. The maximum Gasteiger partial charge on any atom is 0.358 e. The molecule has 6 nitrogen and oxygen atoms in total. The zero-order valence-electron chi connectivity index (χ0n) is 6.60. The van der Waals surface area contributed by atoms with Crippen LogP contribution in [0.25, 0.3) is 0 Å². The molecule has 0 fully saturated rings. The van der Waals surface area contributed by atoms with E-state index < -0.39 is 11.3 Å². The summed E-state index contributed by atoms with van der Waals surface area (Å²) in [4.78, 5) is 22.9. The van der Waals surface area contributed by atoms with Crippen molar-refractivity contribution in [3.05, 3.63) is 38.9 Å². The number of fused-ring (bicyclic) bond motifs is 2. The van der Waals surface area contributed by atoms with Gasteiger partial charge in [0.05, 0.1) is 6.54 Å². The molecule has 6 heteroatoms. The van der Waals surface area contributed by atoms with Gasteiger partial charge in [-0.3, -0.25) is 0 Å². The maximum atomic E-state index is 10.9. The fourth-order valence-corrected chi connectivity index (χ4v) is 0.974. The van der Waals surface area contributed by atoms with E-state index in [0.29, 0.717) is 13.0 Å². The van der Waals surface area contributed by atoms with Gasteiger partial charge in [0, 0.05) is 18.6 Å². The van der Waals surface area contributed by atoms with E-state index in [1.165, 1.54) is 0 Å². The van der Waals surface area contributed by atoms with Crippen LogP contribution in [0.5, 0.6) is 0 Å². The molecule has 0 atom stereocenters. The molecule has 0 saturated carbocycles. The summed E-state index contributed by atoms with van der Waals surface area (Å²) in [7, 11) is 0. The van der Waals surface area contributed by atoms with Crippen molar-refractivity contribution in [3.63, 3.8) is 0 Å². The van der Waals surface area contributed by atoms with Crippen LogP contribution in [0.15, 0.2) is 30.7 Å². The summed E-state index contributed by atoms with van der Waals surface area (Å²) in [5.74, 6) is 0.268. The first-order valence-corrected chi connectivity index (χ1v) is 3.71. The Kier molecular flexibility index (Phi) is 1.73. The Hall–Kier alpha value is -1.85. The number of aromatic nitrogens is 2. The average Bonchev–Trinajstić information content (AvgIpc) is 2.50. The smallest absolute Gasteiger partial charge is 0.358 e. The van der Waals surface area contributed by atoms with Crippen LogP contribution in [0.1, 0.15) is 5.89 Å². The van der Waals surface area contributed by atoms with E-state index in [-0.39, 0.29) is 5.89 Å². The molecule has 0 radical (unpaired) electrons. The van der Waals surface area contributed by atoms with Crippen molar-refractivity contribution in [1.29, 1.82) is 0 Å². The van der Waals surface area contributed by atoms with Crippen LogP contribution in [0.4, 0.5) is 0 Å². The monoisotopic (exact) mass is 182 g/mol. The lowest BCUT2D eigenvalue weighted by Crippen LogP contribution is -2.03. The first-order chi connectivity index (χ1) is 6.24.